The lowest BCUT2D eigenvalue weighted by Crippen LogP contribution is -2.01. The Kier molecular flexibility index (Phi) is 2.75. The molecule has 96 valence electrons. The molecular weight excluding hydrogens is 240 g/mol. The Labute approximate surface area is 110 Å². The van der Waals surface area contributed by atoms with Gasteiger partial charge < -0.3 is 10.6 Å². The van der Waals surface area contributed by atoms with Gasteiger partial charge >= 0.3 is 0 Å². The molecule has 0 spiro atoms. The van der Waals surface area contributed by atoms with Crippen molar-refractivity contribution in [1.82, 2.24) is 19.7 Å². The van der Waals surface area contributed by atoms with Crippen LogP contribution in [-0.2, 0) is 7.05 Å². The molecule has 0 saturated heterocycles. The first-order valence-corrected chi connectivity index (χ1v) is 5.96. The summed E-state index contributed by atoms with van der Waals surface area (Å²) in [6.45, 7) is 0. The molecular formula is C13H14N6. The van der Waals surface area contributed by atoms with E-state index in [4.69, 9.17) is 0 Å². The minimum Gasteiger partial charge on any atom is -0.357 e. The SMILES string of the molecule is CNc1nc(Nc2cnn(C)c2)c2ccccc2n1. The van der Waals surface area contributed by atoms with Gasteiger partial charge in [0.05, 0.1) is 17.4 Å². The summed E-state index contributed by atoms with van der Waals surface area (Å²) in [5.74, 6) is 1.35. The number of rotatable bonds is 3. The third-order valence-corrected chi connectivity index (χ3v) is 2.79. The van der Waals surface area contributed by atoms with E-state index in [-0.39, 0.29) is 0 Å². The molecule has 0 aliphatic heterocycles. The maximum absolute atomic E-state index is 4.45. The number of aromatic nitrogens is 4. The molecule has 0 saturated carbocycles. The zero-order valence-electron chi connectivity index (χ0n) is 10.8. The number of para-hydroxylation sites is 1. The minimum atomic E-state index is 0.588. The van der Waals surface area contributed by atoms with Crippen molar-refractivity contribution in [3.05, 3.63) is 36.7 Å². The van der Waals surface area contributed by atoms with E-state index in [1.165, 1.54) is 0 Å². The summed E-state index contributed by atoms with van der Waals surface area (Å²) in [5.41, 5.74) is 1.79. The van der Waals surface area contributed by atoms with Crippen molar-refractivity contribution in [1.29, 1.82) is 0 Å². The van der Waals surface area contributed by atoms with Crippen LogP contribution in [0.3, 0.4) is 0 Å². The molecule has 0 amide bonds. The summed E-state index contributed by atoms with van der Waals surface area (Å²) >= 11 is 0. The second-order valence-electron chi connectivity index (χ2n) is 4.19. The van der Waals surface area contributed by atoms with Crippen molar-refractivity contribution < 1.29 is 0 Å². The molecule has 1 aromatic carbocycles. The number of nitrogens with one attached hydrogen (secondary N) is 2. The molecule has 6 heteroatoms. The molecule has 6 nitrogen and oxygen atoms in total. The molecule has 3 aromatic rings. The van der Waals surface area contributed by atoms with Crippen molar-refractivity contribution in [3.63, 3.8) is 0 Å². The lowest BCUT2D eigenvalue weighted by atomic mass is 10.2. The van der Waals surface area contributed by atoms with Crippen LogP contribution in [0.15, 0.2) is 36.7 Å². The normalized spacial score (nSPS) is 10.6. The Morgan fingerprint density at radius 3 is 2.74 bits per heavy atom. The van der Waals surface area contributed by atoms with Crippen molar-refractivity contribution in [2.75, 3.05) is 17.7 Å². The highest BCUT2D eigenvalue weighted by Crippen LogP contribution is 2.24. The van der Waals surface area contributed by atoms with Crippen LogP contribution < -0.4 is 10.6 Å². The quantitative estimate of drug-likeness (QED) is 0.749. The molecule has 19 heavy (non-hydrogen) atoms. The van der Waals surface area contributed by atoms with Crippen LogP contribution in [0.5, 0.6) is 0 Å². The highest BCUT2D eigenvalue weighted by atomic mass is 15.3. The zero-order chi connectivity index (χ0) is 13.2. The van der Waals surface area contributed by atoms with Crippen LogP contribution in [-0.4, -0.2) is 26.8 Å². The predicted octanol–water partition coefficient (Wildman–Crippen LogP) is 2.15. The van der Waals surface area contributed by atoms with E-state index in [9.17, 15) is 0 Å². The van der Waals surface area contributed by atoms with Crippen molar-refractivity contribution >= 4 is 28.4 Å². The average Bonchev–Trinajstić information content (AvgIpc) is 2.84. The van der Waals surface area contributed by atoms with E-state index in [0.717, 1.165) is 22.4 Å². The second-order valence-corrected chi connectivity index (χ2v) is 4.19. The summed E-state index contributed by atoms with van der Waals surface area (Å²) in [6.07, 6.45) is 3.66. The topological polar surface area (TPSA) is 67.7 Å². The molecule has 2 heterocycles. The molecule has 0 aliphatic rings. The van der Waals surface area contributed by atoms with Crippen LogP contribution in [0.25, 0.3) is 10.9 Å². The number of nitrogens with zero attached hydrogens (tertiary/aromatic N) is 4. The number of hydrogen-bond acceptors (Lipinski definition) is 5. The summed E-state index contributed by atoms with van der Waals surface area (Å²) in [4.78, 5) is 8.87. The highest BCUT2D eigenvalue weighted by Gasteiger charge is 2.07. The van der Waals surface area contributed by atoms with Gasteiger partial charge in [-0.05, 0) is 12.1 Å². The first-order chi connectivity index (χ1) is 9.26. The van der Waals surface area contributed by atoms with Crippen LogP contribution in [0.4, 0.5) is 17.5 Å². The molecule has 0 atom stereocenters. The van der Waals surface area contributed by atoms with E-state index < -0.39 is 0 Å². The fourth-order valence-electron chi connectivity index (χ4n) is 1.91. The molecule has 3 rings (SSSR count). The van der Waals surface area contributed by atoms with E-state index in [2.05, 4.69) is 25.7 Å². The summed E-state index contributed by atoms with van der Waals surface area (Å²) in [5, 5.41) is 11.3. The third kappa shape index (κ3) is 2.20. The van der Waals surface area contributed by atoms with Crippen molar-refractivity contribution in [2.24, 2.45) is 7.05 Å². The number of hydrogen-bond donors (Lipinski definition) is 2. The van der Waals surface area contributed by atoms with Crippen LogP contribution in [0.2, 0.25) is 0 Å². The van der Waals surface area contributed by atoms with E-state index in [0.29, 0.717) is 5.95 Å². The van der Waals surface area contributed by atoms with E-state index in [1.54, 1.807) is 17.9 Å². The molecule has 0 bridgehead atoms. The smallest absolute Gasteiger partial charge is 0.224 e. The maximum Gasteiger partial charge on any atom is 0.224 e. The van der Waals surface area contributed by atoms with Crippen molar-refractivity contribution in [3.8, 4) is 0 Å². The Morgan fingerprint density at radius 2 is 2.00 bits per heavy atom. The lowest BCUT2D eigenvalue weighted by Gasteiger charge is -2.08. The zero-order valence-corrected chi connectivity index (χ0v) is 10.8. The summed E-state index contributed by atoms with van der Waals surface area (Å²) in [6, 6.07) is 7.89. The standard InChI is InChI=1S/C13H14N6/c1-14-13-17-11-6-4-3-5-10(11)12(18-13)16-9-7-15-19(2)8-9/h3-8H,1-2H3,(H2,14,16,17,18). The predicted molar refractivity (Wildman–Crippen MR) is 75.6 cm³/mol. The molecule has 0 fully saturated rings. The fraction of sp³-hybridized carbons (Fsp3) is 0.154. The molecule has 0 radical (unpaired) electrons. The van der Waals surface area contributed by atoms with Gasteiger partial charge in [0, 0.05) is 25.7 Å². The Balaban J connectivity index is 2.10. The number of aryl methyl sites for hydroxylation is 1. The van der Waals surface area contributed by atoms with Crippen molar-refractivity contribution in [2.45, 2.75) is 0 Å². The van der Waals surface area contributed by atoms with Gasteiger partial charge in [-0.1, -0.05) is 12.1 Å². The second kappa shape index (κ2) is 4.56. The Bertz CT molecular complexity index is 718. The van der Waals surface area contributed by atoms with Gasteiger partial charge in [-0.2, -0.15) is 10.1 Å². The van der Waals surface area contributed by atoms with Gasteiger partial charge in [-0.15, -0.1) is 0 Å². The minimum absolute atomic E-state index is 0.588. The lowest BCUT2D eigenvalue weighted by molar-refractivity contribution is 0.768. The number of fused-ring (bicyclic) bond motifs is 1. The first kappa shape index (κ1) is 11.5. The Hall–Kier alpha value is -2.63. The van der Waals surface area contributed by atoms with Gasteiger partial charge in [0.1, 0.15) is 5.82 Å². The largest absolute Gasteiger partial charge is 0.357 e. The maximum atomic E-state index is 4.45. The number of benzene rings is 1. The Morgan fingerprint density at radius 1 is 1.16 bits per heavy atom. The summed E-state index contributed by atoms with van der Waals surface area (Å²) in [7, 11) is 3.68. The average molecular weight is 254 g/mol. The van der Waals surface area contributed by atoms with Gasteiger partial charge in [0.25, 0.3) is 0 Å². The van der Waals surface area contributed by atoms with Gasteiger partial charge in [-0.25, -0.2) is 4.98 Å². The molecule has 2 N–H and O–H groups in total. The molecule has 2 aromatic heterocycles. The van der Waals surface area contributed by atoms with E-state index >= 15 is 0 Å². The van der Waals surface area contributed by atoms with Gasteiger partial charge in [0.2, 0.25) is 5.95 Å². The fourth-order valence-corrected chi connectivity index (χ4v) is 1.91. The number of anilines is 3. The van der Waals surface area contributed by atoms with Crippen LogP contribution in [0.1, 0.15) is 0 Å². The highest BCUT2D eigenvalue weighted by molar-refractivity contribution is 5.91. The monoisotopic (exact) mass is 254 g/mol. The third-order valence-electron chi connectivity index (χ3n) is 2.79. The van der Waals surface area contributed by atoms with Crippen LogP contribution >= 0.6 is 0 Å². The van der Waals surface area contributed by atoms with E-state index in [1.807, 2.05) is 37.5 Å². The molecule has 0 unspecified atom stereocenters. The summed E-state index contributed by atoms with van der Waals surface area (Å²) < 4.78 is 1.74. The van der Waals surface area contributed by atoms with Gasteiger partial charge in [-0.3, -0.25) is 4.68 Å². The van der Waals surface area contributed by atoms with Crippen LogP contribution in [0, 0.1) is 0 Å². The first-order valence-electron chi connectivity index (χ1n) is 5.96. The molecule has 0 aliphatic carbocycles. The van der Waals surface area contributed by atoms with Gasteiger partial charge in [0.15, 0.2) is 0 Å².